The quantitative estimate of drug-likeness (QED) is 0.134. The number of phenols is 1. The molecule has 2 aliphatic rings. The largest absolute Gasteiger partial charge is 0.508 e. The molecule has 9 nitrogen and oxygen atoms in total. The number of aliphatic hydroxyl groups excluding tert-OH is 2. The van der Waals surface area contributed by atoms with E-state index in [-0.39, 0.29) is 42.9 Å². The fourth-order valence-electron chi connectivity index (χ4n) is 6.87. The summed E-state index contributed by atoms with van der Waals surface area (Å²) in [6.07, 6.45) is -1.40. The number of phenolic OH excluding ortho intramolecular Hbond substituents is 1. The number of nitrogens with zero attached hydrogens (tertiary/aromatic N) is 2. The number of hydrogen-bond donors (Lipinski definition) is 3. The lowest BCUT2D eigenvalue weighted by atomic mass is 9.98. The van der Waals surface area contributed by atoms with Gasteiger partial charge in [-0.05, 0) is 76.8 Å². The summed E-state index contributed by atoms with van der Waals surface area (Å²) in [5.41, 5.74) is 6.82. The highest BCUT2D eigenvalue weighted by molar-refractivity contribution is 6.21. The van der Waals surface area contributed by atoms with Gasteiger partial charge in [-0.25, -0.2) is 0 Å². The molecule has 7 rings (SSSR count). The standard InChI is InChI=1S/C42H40N2O7/c1-43(25-38(47)32-10-6-12-34(46)21-32)24-35-22-39(29-17-15-27(26-45)16-18-29)51-42(50-35)33-11-5-9-31(20-33)30-8-4-7-28(19-30)23-44-40(48)36-13-2-3-14-37(36)41(44)49/h2-21,35,38-39,42,45-47H,22-26H2,1H3/t35-,38+,39+,42+/m0/s1. The van der Waals surface area contributed by atoms with E-state index in [1.165, 1.54) is 4.90 Å². The average molecular weight is 685 g/mol. The number of carbonyl (C=O) groups is 2. The molecule has 1 saturated heterocycles. The van der Waals surface area contributed by atoms with E-state index in [1.54, 1.807) is 48.5 Å². The number of aliphatic hydroxyl groups is 2. The predicted octanol–water partition coefficient (Wildman–Crippen LogP) is 6.56. The van der Waals surface area contributed by atoms with Crippen LogP contribution < -0.4 is 0 Å². The van der Waals surface area contributed by atoms with E-state index < -0.39 is 12.4 Å². The van der Waals surface area contributed by atoms with Gasteiger partial charge in [-0.1, -0.05) is 84.9 Å². The van der Waals surface area contributed by atoms with Gasteiger partial charge < -0.3 is 29.7 Å². The molecule has 0 radical (unpaired) electrons. The van der Waals surface area contributed by atoms with Crippen LogP contribution in [-0.4, -0.2) is 63.2 Å². The number of rotatable bonds is 11. The minimum atomic E-state index is -0.788. The monoisotopic (exact) mass is 684 g/mol. The fraction of sp³-hybridized carbons (Fsp3) is 0.238. The molecule has 1 fully saturated rings. The third kappa shape index (κ3) is 7.63. The maximum atomic E-state index is 13.0. The smallest absolute Gasteiger partial charge is 0.261 e. The van der Waals surface area contributed by atoms with Crippen LogP contribution in [0.3, 0.4) is 0 Å². The molecule has 2 heterocycles. The zero-order valence-corrected chi connectivity index (χ0v) is 28.3. The molecule has 0 saturated carbocycles. The molecule has 0 aromatic heterocycles. The number of benzene rings is 5. The summed E-state index contributed by atoms with van der Waals surface area (Å²) in [6.45, 7) is 0.997. The van der Waals surface area contributed by atoms with E-state index in [0.29, 0.717) is 36.2 Å². The van der Waals surface area contributed by atoms with Crippen LogP contribution in [0.2, 0.25) is 0 Å². The van der Waals surface area contributed by atoms with Crippen LogP contribution >= 0.6 is 0 Å². The first-order valence-corrected chi connectivity index (χ1v) is 17.1. The van der Waals surface area contributed by atoms with Crippen molar-refractivity contribution in [2.24, 2.45) is 0 Å². The van der Waals surface area contributed by atoms with Crippen molar-refractivity contribution in [1.82, 2.24) is 9.80 Å². The van der Waals surface area contributed by atoms with E-state index in [4.69, 9.17) is 9.47 Å². The van der Waals surface area contributed by atoms with Gasteiger partial charge in [0.1, 0.15) is 5.75 Å². The Morgan fingerprint density at radius 2 is 1.45 bits per heavy atom. The summed E-state index contributed by atoms with van der Waals surface area (Å²) < 4.78 is 13.2. The van der Waals surface area contributed by atoms with Gasteiger partial charge in [-0.3, -0.25) is 14.5 Å². The molecule has 2 aliphatic heterocycles. The maximum Gasteiger partial charge on any atom is 0.261 e. The van der Waals surface area contributed by atoms with Crippen LogP contribution in [0.5, 0.6) is 5.75 Å². The van der Waals surface area contributed by atoms with Crippen molar-refractivity contribution in [1.29, 1.82) is 0 Å². The van der Waals surface area contributed by atoms with Crippen molar-refractivity contribution in [3.63, 3.8) is 0 Å². The summed E-state index contributed by atoms with van der Waals surface area (Å²) in [5, 5.41) is 30.3. The minimum Gasteiger partial charge on any atom is -0.508 e. The van der Waals surface area contributed by atoms with E-state index in [0.717, 1.165) is 33.4 Å². The van der Waals surface area contributed by atoms with Crippen LogP contribution in [0.1, 0.15) is 73.5 Å². The van der Waals surface area contributed by atoms with Crippen LogP contribution in [0, 0.1) is 0 Å². The molecular weight excluding hydrogens is 644 g/mol. The van der Waals surface area contributed by atoms with Crippen molar-refractivity contribution in [3.05, 3.63) is 160 Å². The van der Waals surface area contributed by atoms with Gasteiger partial charge in [0.2, 0.25) is 0 Å². The molecule has 3 N–H and O–H groups in total. The molecule has 0 bridgehead atoms. The minimum absolute atomic E-state index is 0.0429. The number of likely N-dealkylation sites (N-methyl/N-ethyl adjacent to an activating group) is 1. The van der Waals surface area contributed by atoms with Crippen molar-refractivity contribution in [2.45, 2.75) is 44.2 Å². The van der Waals surface area contributed by atoms with Gasteiger partial charge in [0.05, 0.1) is 42.6 Å². The third-order valence-corrected chi connectivity index (χ3v) is 9.51. The summed E-state index contributed by atoms with van der Waals surface area (Å²) >= 11 is 0. The van der Waals surface area contributed by atoms with Crippen LogP contribution in [0.25, 0.3) is 11.1 Å². The van der Waals surface area contributed by atoms with E-state index in [9.17, 15) is 24.9 Å². The Morgan fingerprint density at radius 3 is 2.16 bits per heavy atom. The van der Waals surface area contributed by atoms with Crippen LogP contribution in [0.4, 0.5) is 0 Å². The number of carbonyl (C=O) groups excluding carboxylic acids is 2. The van der Waals surface area contributed by atoms with Gasteiger partial charge in [-0.2, -0.15) is 0 Å². The molecule has 0 unspecified atom stereocenters. The molecule has 0 aliphatic carbocycles. The molecular formula is C42H40N2O7. The molecule has 51 heavy (non-hydrogen) atoms. The topological polar surface area (TPSA) is 120 Å². The van der Waals surface area contributed by atoms with Gasteiger partial charge in [0.15, 0.2) is 6.29 Å². The second-order valence-electron chi connectivity index (χ2n) is 13.3. The van der Waals surface area contributed by atoms with E-state index >= 15 is 0 Å². The van der Waals surface area contributed by atoms with Gasteiger partial charge in [0, 0.05) is 25.1 Å². The normalized spacial score (nSPS) is 19.4. The first kappa shape index (κ1) is 34.3. The average Bonchev–Trinajstić information content (AvgIpc) is 3.39. The Labute approximate surface area is 296 Å². The highest BCUT2D eigenvalue weighted by Crippen LogP contribution is 2.39. The Hall–Kier alpha value is -5.16. The zero-order chi connectivity index (χ0) is 35.5. The first-order chi connectivity index (χ1) is 24.7. The molecule has 260 valence electrons. The fourth-order valence-corrected chi connectivity index (χ4v) is 6.87. The molecule has 2 amide bonds. The molecule has 0 spiro atoms. The van der Waals surface area contributed by atoms with Crippen molar-refractivity contribution in [3.8, 4) is 16.9 Å². The van der Waals surface area contributed by atoms with E-state index in [1.807, 2.05) is 84.7 Å². The Balaban J connectivity index is 1.10. The molecule has 5 aromatic rings. The summed E-state index contributed by atoms with van der Waals surface area (Å²) in [6, 6.07) is 37.1. The zero-order valence-electron chi connectivity index (χ0n) is 28.3. The number of imide groups is 1. The van der Waals surface area contributed by atoms with Gasteiger partial charge >= 0.3 is 0 Å². The Morgan fingerprint density at radius 1 is 0.765 bits per heavy atom. The van der Waals surface area contributed by atoms with Crippen molar-refractivity contribution in [2.75, 3.05) is 20.1 Å². The third-order valence-electron chi connectivity index (χ3n) is 9.51. The van der Waals surface area contributed by atoms with Crippen LogP contribution in [0.15, 0.2) is 121 Å². The van der Waals surface area contributed by atoms with Crippen molar-refractivity contribution >= 4 is 11.8 Å². The second kappa shape index (κ2) is 15.0. The number of aromatic hydroxyl groups is 1. The summed E-state index contributed by atoms with van der Waals surface area (Å²) in [5.74, 6) is -0.468. The van der Waals surface area contributed by atoms with Gasteiger partial charge in [0.25, 0.3) is 11.8 Å². The summed E-state index contributed by atoms with van der Waals surface area (Å²) in [7, 11) is 1.93. The van der Waals surface area contributed by atoms with E-state index in [2.05, 4.69) is 0 Å². The molecule has 4 atom stereocenters. The van der Waals surface area contributed by atoms with Crippen molar-refractivity contribution < 1.29 is 34.4 Å². The predicted molar refractivity (Wildman–Crippen MR) is 192 cm³/mol. The van der Waals surface area contributed by atoms with Crippen LogP contribution in [-0.2, 0) is 22.6 Å². The summed E-state index contributed by atoms with van der Waals surface area (Å²) in [4.78, 5) is 29.3. The number of fused-ring (bicyclic) bond motifs is 1. The number of amides is 2. The lowest BCUT2D eigenvalue weighted by Gasteiger charge is -2.38. The Kier molecular flexibility index (Phi) is 10.1. The van der Waals surface area contributed by atoms with Gasteiger partial charge in [-0.15, -0.1) is 0 Å². The molecule has 9 heteroatoms. The number of hydrogen-bond acceptors (Lipinski definition) is 8. The SMILES string of the molecule is CN(C[C@@H]1C[C@H](c2ccc(CO)cc2)O[C@H](c2cccc(-c3cccc(CN4C(=O)c5ccccc5C4=O)c3)c2)O1)C[C@@H](O)c1cccc(O)c1. The lowest BCUT2D eigenvalue weighted by Crippen LogP contribution is -2.39. The Bertz CT molecular complexity index is 2000. The molecule has 5 aromatic carbocycles. The lowest BCUT2D eigenvalue weighted by molar-refractivity contribution is -0.252. The highest BCUT2D eigenvalue weighted by atomic mass is 16.7. The highest BCUT2D eigenvalue weighted by Gasteiger charge is 2.35. The second-order valence-corrected chi connectivity index (χ2v) is 13.3. The number of ether oxygens (including phenoxy) is 2. The first-order valence-electron chi connectivity index (χ1n) is 17.1. The maximum absolute atomic E-state index is 13.0.